The number of esters is 1. The maximum atomic E-state index is 11.8. The average Bonchev–Trinajstić information content (AvgIpc) is 2.25. The summed E-state index contributed by atoms with van der Waals surface area (Å²) < 4.78 is 30.3. The zero-order valence-corrected chi connectivity index (χ0v) is 11.2. The number of nitriles is 1. The van der Waals surface area contributed by atoms with Gasteiger partial charge in [0.2, 0.25) is 10.0 Å². The molecule has 0 aliphatic carbocycles. The van der Waals surface area contributed by atoms with Gasteiger partial charge in [0.05, 0.1) is 13.2 Å². The number of hydrogen-bond acceptors (Lipinski definition) is 5. The van der Waals surface area contributed by atoms with Crippen LogP contribution in [0.15, 0.2) is 0 Å². The Bertz CT molecular complexity index is 397. The number of nitrogens with one attached hydrogen (secondary N) is 1. The van der Waals surface area contributed by atoms with E-state index in [-0.39, 0.29) is 12.3 Å². The fraction of sp³-hybridized carbons (Fsp3) is 0.800. The third-order valence-electron chi connectivity index (χ3n) is 2.30. The lowest BCUT2D eigenvalue weighted by Crippen LogP contribution is -2.47. The number of rotatable bonds is 6. The van der Waals surface area contributed by atoms with Crippen molar-refractivity contribution in [3.63, 3.8) is 0 Å². The van der Waals surface area contributed by atoms with E-state index in [2.05, 4.69) is 9.46 Å². The van der Waals surface area contributed by atoms with Crippen molar-refractivity contribution in [1.29, 1.82) is 5.26 Å². The first kappa shape index (κ1) is 15.9. The minimum absolute atomic E-state index is 0.165. The highest BCUT2D eigenvalue weighted by atomic mass is 32.2. The smallest absolute Gasteiger partial charge is 0.324 e. The molecular formula is C10H18N2O4S. The van der Waals surface area contributed by atoms with E-state index in [1.54, 1.807) is 26.8 Å². The second kappa shape index (κ2) is 6.57. The van der Waals surface area contributed by atoms with Gasteiger partial charge in [0.25, 0.3) is 0 Å². The third-order valence-corrected chi connectivity index (χ3v) is 4.07. The molecule has 7 heteroatoms. The minimum Gasteiger partial charge on any atom is -0.468 e. The monoisotopic (exact) mass is 262 g/mol. The summed E-state index contributed by atoms with van der Waals surface area (Å²) >= 11 is 0. The third kappa shape index (κ3) is 4.32. The predicted molar refractivity (Wildman–Crippen MR) is 62.4 cm³/mol. The van der Waals surface area contributed by atoms with Crippen LogP contribution in [0.5, 0.6) is 0 Å². The molecule has 0 rings (SSSR count). The number of nitrogens with zero attached hydrogens (tertiary/aromatic N) is 1. The van der Waals surface area contributed by atoms with E-state index >= 15 is 0 Å². The molecule has 0 amide bonds. The Morgan fingerprint density at radius 3 is 2.29 bits per heavy atom. The molecule has 0 aromatic heterocycles. The topological polar surface area (TPSA) is 96.3 Å². The van der Waals surface area contributed by atoms with Gasteiger partial charge in [-0.2, -0.15) is 9.98 Å². The zero-order valence-electron chi connectivity index (χ0n) is 10.4. The van der Waals surface area contributed by atoms with Gasteiger partial charge in [-0.3, -0.25) is 4.79 Å². The molecule has 0 aliphatic rings. The van der Waals surface area contributed by atoms with Crippen LogP contribution >= 0.6 is 0 Å². The van der Waals surface area contributed by atoms with E-state index in [1.807, 2.05) is 0 Å². The van der Waals surface area contributed by atoms with E-state index in [0.717, 1.165) is 0 Å². The average molecular weight is 262 g/mol. The molecule has 2 unspecified atom stereocenters. The molecule has 0 spiro atoms. The molecule has 0 saturated carbocycles. The van der Waals surface area contributed by atoms with Crippen molar-refractivity contribution in [3.05, 3.63) is 0 Å². The van der Waals surface area contributed by atoms with Gasteiger partial charge in [0.15, 0.2) is 5.25 Å². The van der Waals surface area contributed by atoms with Gasteiger partial charge in [0, 0.05) is 0 Å². The Labute approximate surface area is 102 Å². The molecule has 0 radical (unpaired) electrons. The Balaban J connectivity index is 5.02. The summed E-state index contributed by atoms with van der Waals surface area (Å²) in [6.45, 7) is 4.98. The van der Waals surface area contributed by atoms with E-state index in [1.165, 1.54) is 7.11 Å². The molecule has 0 heterocycles. The van der Waals surface area contributed by atoms with Crippen LogP contribution in [0.3, 0.4) is 0 Å². The van der Waals surface area contributed by atoms with Crippen LogP contribution in [0.2, 0.25) is 0 Å². The molecule has 6 nitrogen and oxygen atoms in total. The Kier molecular flexibility index (Phi) is 6.13. The van der Waals surface area contributed by atoms with Gasteiger partial charge in [0.1, 0.15) is 6.04 Å². The predicted octanol–water partition coefficient (Wildman–Crippen LogP) is 0.406. The van der Waals surface area contributed by atoms with Gasteiger partial charge in [-0.15, -0.1) is 0 Å². The number of carbonyl (C=O) groups is 1. The fourth-order valence-corrected chi connectivity index (χ4v) is 2.69. The van der Waals surface area contributed by atoms with Crippen LogP contribution in [0.1, 0.15) is 27.2 Å². The molecule has 0 aromatic carbocycles. The summed E-state index contributed by atoms with van der Waals surface area (Å²) in [5.74, 6) is -0.912. The first-order valence-electron chi connectivity index (χ1n) is 5.28. The standard InChI is InChI=1S/C10H18N2O4S/c1-5-8(6-11)17(14,15)12-9(7(2)3)10(13)16-4/h7-9,12H,5H2,1-4H3. The van der Waals surface area contributed by atoms with Crippen molar-refractivity contribution in [1.82, 2.24) is 4.72 Å². The number of carbonyl (C=O) groups excluding carboxylic acids is 1. The van der Waals surface area contributed by atoms with Crippen molar-refractivity contribution in [2.24, 2.45) is 5.92 Å². The van der Waals surface area contributed by atoms with Crippen molar-refractivity contribution < 1.29 is 17.9 Å². The number of methoxy groups -OCH3 is 1. The highest BCUT2D eigenvalue weighted by molar-refractivity contribution is 7.90. The van der Waals surface area contributed by atoms with Crippen LogP contribution in [0, 0.1) is 17.2 Å². The van der Waals surface area contributed by atoms with E-state index in [9.17, 15) is 13.2 Å². The summed E-state index contributed by atoms with van der Waals surface area (Å²) in [6, 6.07) is 0.725. The Morgan fingerprint density at radius 1 is 1.47 bits per heavy atom. The minimum atomic E-state index is -3.83. The molecule has 2 atom stereocenters. The summed E-state index contributed by atoms with van der Waals surface area (Å²) in [6.07, 6.45) is 0.165. The van der Waals surface area contributed by atoms with Crippen molar-refractivity contribution in [3.8, 4) is 6.07 Å². The quantitative estimate of drug-likeness (QED) is 0.699. The first-order chi connectivity index (χ1) is 7.80. The molecule has 0 aliphatic heterocycles. The summed E-state index contributed by atoms with van der Waals surface area (Å²) in [5.41, 5.74) is 0. The lowest BCUT2D eigenvalue weighted by Gasteiger charge is -2.21. The molecule has 0 bridgehead atoms. The fourth-order valence-electron chi connectivity index (χ4n) is 1.22. The lowest BCUT2D eigenvalue weighted by atomic mass is 10.1. The van der Waals surface area contributed by atoms with E-state index < -0.39 is 27.3 Å². The number of hydrogen-bond donors (Lipinski definition) is 1. The Morgan fingerprint density at radius 2 is 2.00 bits per heavy atom. The SMILES string of the molecule is CCC(C#N)S(=O)(=O)NC(C(=O)OC)C(C)C. The summed E-state index contributed by atoms with van der Waals surface area (Å²) in [4.78, 5) is 11.4. The van der Waals surface area contributed by atoms with Crippen LogP contribution in [-0.4, -0.2) is 32.8 Å². The van der Waals surface area contributed by atoms with Gasteiger partial charge in [-0.05, 0) is 12.3 Å². The second-order valence-corrected chi connectivity index (χ2v) is 5.83. The lowest BCUT2D eigenvalue weighted by molar-refractivity contribution is -0.143. The van der Waals surface area contributed by atoms with Crippen molar-refractivity contribution in [2.75, 3.05) is 7.11 Å². The van der Waals surface area contributed by atoms with Crippen LogP contribution < -0.4 is 4.72 Å². The number of sulfonamides is 1. The molecular weight excluding hydrogens is 244 g/mol. The van der Waals surface area contributed by atoms with E-state index in [4.69, 9.17) is 5.26 Å². The largest absolute Gasteiger partial charge is 0.468 e. The van der Waals surface area contributed by atoms with Gasteiger partial charge in [-0.1, -0.05) is 20.8 Å². The molecule has 0 fully saturated rings. The van der Waals surface area contributed by atoms with Gasteiger partial charge in [-0.25, -0.2) is 8.42 Å². The molecule has 0 aromatic rings. The zero-order chi connectivity index (χ0) is 13.6. The van der Waals surface area contributed by atoms with E-state index in [0.29, 0.717) is 0 Å². The summed E-state index contributed by atoms with van der Waals surface area (Å²) in [7, 11) is -2.65. The summed E-state index contributed by atoms with van der Waals surface area (Å²) in [5, 5.41) is 7.56. The number of ether oxygens (including phenoxy) is 1. The van der Waals surface area contributed by atoms with Crippen LogP contribution in [0.4, 0.5) is 0 Å². The maximum absolute atomic E-state index is 11.8. The van der Waals surface area contributed by atoms with Crippen LogP contribution in [0.25, 0.3) is 0 Å². The maximum Gasteiger partial charge on any atom is 0.324 e. The van der Waals surface area contributed by atoms with Crippen molar-refractivity contribution >= 4 is 16.0 Å². The highest BCUT2D eigenvalue weighted by Crippen LogP contribution is 2.09. The molecule has 1 N–H and O–H groups in total. The van der Waals surface area contributed by atoms with Gasteiger partial charge < -0.3 is 4.74 Å². The second-order valence-electron chi connectivity index (χ2n) is 3.93. The highest BCUT2D eigenvalue weighted by Gasteiger charge is 2.32. The molecule has 98 valence electrons. The van der Waals surface area contributed by atoms with Gasteiger partial charge >= 0.3 is 5.97 Å². The first-order valence-corrected chi connectivity index (χ1v) is 6.83. The van der Waals surface area contributed by atoms with Crippen LogP contribution in [-0.2, 0) is 19.6 Å². The Hall–Kier alpha value is -1.13. The normalized spacial score (nSPS) is 15.1. The van der Waals surface area contributed by atoms with Crippen molar-refractivity contribution in [2.45, 2.75) is 38.5 Å². The molecule has 17 heavy (non-hydrogen) atoms. The molecule has 0 saturated heterocycles.